The van der Waals surface area contributed by atoms with Crippen molar-refractivity contribution in [2.45, 2.75) is 69.2 Å². The number of halogens is 1. The first-order chi connectivity index (χ1) is 8.25. The highest BCUT2D eigenvalue weighted by molar-refractivity contribution is 5.85. The number of aliphatic hydroxyl groups excluding tert-OH is 1. The van der Waals surface area contributed by atoms with Crippen molar-refractivity contribution in [3.05, 3.63) is 0 Å². The zero-order valence-corrected chi connectivity index (χ0v) is 11.5. The maximum absolute atomic E-state index is 12.5. The van der Waals surface area contributed by atoms with Crippen LogP contribution >= 0.6 is 12.4 Å². The van der Waals surface area contributed by atoms with Crippen LogP contribution in [0.3, 0.4) is 0 Å². The van der Waals surface area contributed by atoms with Gasteiger partial charge in [-0.15, -0.1) is 12.4 Å². The fourth-order valence-electron chi connectivity index (χ4n) is 3.75. The average molecular weight is 275 g/mol. The highest BCUT2D eigenvalue weighted by atomic mass is 35.5. The quantitative estimate of drug-likeness (QED) is 0.752. The molecule has 0 aromatic carbocycles. The zero-order chi connectivity index (χ0) is 11.8. The summed E-state index contributed by atoms with van der Waals surface area (Å²) in [5.41, 5.74) is 0. The Balaban J connectivity index is 0.00000120. The van der Waals surface area contributed by atoms with Gasteiger partial charge >= 0.3 is 0 Å². The van der Waals surface area contributed by atoms with Crippen molar-refractivity contribution in [1.29, 1.82) is 0 Å². The Morgan fingerprint density at radius 1 is 1.11 bits per heavy atom. The van der Waals surface area contributed by atoms with Gasteiger partial charge in [-0.1, -0.05) is 6.42 Å². The zero-order valence-electron chi connectivity index (χ0n) is 10.7. The fraction of sp³-hybridized carbons (Fsp3) is 0.923. The van der Waals surface area contributed by atoms with E-state index >= 15 is 0 Å². The maximum Gasteiger partial charge on any atom is 0.240 e. The van der Waals surface area contributed by atoms with E-state index in [4.69, 9.17) is 0 Å². The third-order valence-corrected chi connectivity index (χ3v) is 4.57. The van der Waals surface area contributed by atoms with E-state index in [1.54, 1.807) is 0 Å². The van der Waals surface area contributed by atoms with E-state index < -0.39 is 0 Å². The van der Waals surface area contributed by atoms with Crippen LogP contribution < -0.4 is 5.32 Å². The van der Waals surface area contributed by atoms with Crippen LogP contribution in [0, 0.1) is 0 Å². The lowest BCUT2D eigenvalue weighted by molar-refractivity contribution is -0.140. The van der Waals surface area contributed by atoms with Gasteiger partial charge in [-0.25, -0.2) is 0 Å². The van der Waals surface area contributed by atoms with Gasteiger partial charge in [-0.2, -0.15) is 0 Å². The highest BCUT2D eigenvalue weighted by Crippen LogP contribution is 2.36. The molecule has 104 valence electrons. The molecule has 0 radical (unpaired) electrons. The summed E-state index contributed by atoms with van der Waals surface area (Å²) in [6, 6.07) is 0.655. The number of nitrogens with one attached hydrogen (secondary N) is 1. The van der Waals surface area contributed by atoms with E-state index in [2.05, 4.69) is 10.2 Å². The van der Waals surface area contributed by atoms with Crippen LogP contribution in [0.1, 0.15) is 44.9 Å². The molecular weight excluding hydrogens is 252 g/mol. The largest absolute Gasteiger partial charge is 0.393 e. The summed E-state index contributed by atoms with van der Waals surface area (Å²) in [5.74, 6) is 0.295. The molecule has 3 fully saturated rings. The van der Waals surface area contributed by atoms with Crippen molar-refractivity contribution in [1.82, 2.24) is 10.2 Å². The molecule has 3 saturated heterocycles. The van der Waals surface area contributed by atoms with Crippen molar-refractivity contribution < 1.29 is 9.90 Å². The summed E-state index contributed by atoms with van der Waals surface area (Å²) in [6.07, 6.45) is 6.89. The van der Waals surface area contributed by atoms with E-state index in [1.165, 1.54) is 6.42 Å². The number of carbonyl (C=O) groups excluding carboxylic acids is 1. The number of amides is 1. The van der Waals surface area contributed by atoms with Crippen LogP contribution in [0.5, 0.6) is 0 Å². The standard InChI is InChI=1S/C13H22N2O2.ClH/c16-11-7-9-4-5-10(8-11)15(9)13(17)12-3-1-2-6-14-12;/h9-12,14,16H,1-8H2;1H/t9?,10?,11?,12-;/m0./s1. The first-order valence-electron chi connectivity index (χ1n) is 6.99. The second-order valence-electron chi connectivity index (χ2n) is 5.76. The van der Waals surface area contributed by atoms with E-state index in [9.17, 15) is 9.90 Å². The number of rotatable bonds is 1. The fourth-order valence-corrected chi connectivity index (χ4v) is 3.75. The summed E-state index contributed by atoms with van der Waals surface area (Å²) in [7, 11) is 0. The number of aliphatic hydroxyl groups is 1. The molecule has 0 spiro atoms. The average Bonchev–Trinajstić information content (AvgIpc) is 2.62. The summed E-state index contributed by atoms with van der Waals surface area (Å²) in [4.78, 5) is 14.6. The van der Waals surface area contributed by atoms with E-state index in [1.807, 2.05) is 0 Å². The maximum atomic E-state index is 12.5. The lowest BCUT2D eigenvalue weighted by atomic mass is 9.97. The van der Waals surface area contributed by atoms with Gasteiger partial charge in [-0.3, -0.25) is 4.79 Å². The summed E-state index contributed by atoms with van der Waals surface area (Å²) < 4.78 is 0. The molecule has 0 saturated carbocycles. The van der Waals surface area contributed by atoms with Gasteiger partial charge < -0.3 is 15.3 Å². The molecule has 3 rings (SSSR count). The monoisotopic (exact) mass is 274 g/mol. The summed E-state index contributed by atoms with van der Waals surface area (Å²) >= 11 is 0. The molecule has 18 heavy (non-hydrogen) atoms. The van der Waals surface area contributed by atoms with Crippen molar-refractivity contribution in [3.63, 3.8) is 0 Å². The molecule has 0 aliphatic carbocycles. The molecule has 4 nitrogen and oxygen atoms in total. The number of hydrogen-bond acceptors (Lipinski definition) is 3. The van der Waals surface area contributed by atoms with E-state index in [-0.39, 0.29) is 24.6 Å². The molecule has 2 N–H and O–H groups in total. The van der Waals surface area contributed by atoms with Crippen LogP contribution in [0.15, 0.2) is 0 Å². The Labute approximate surface area is 115 Å². The predicted octanol–water partition coefficient (Wildman–Crippen LogP) is 1.06. The second kappa shape index (κ2) is 5.76. The molecular formula is C13H23ClN2O2. The van der Waals surface area contributed by atoms with Crippen molar-refractivity contribution in [3.8, 4) is 0 Å². The molecule has 3 atom stereocenters. The minimum atomic E-state index is -0.184. The molecule has 3 aliphatic rings. The Morgan fingerprint density at radius 2 is 1.78 bits per heavy atom. The second-order valence-corrected chi connectivity index (χ2v) is 5.76. The SMILES string of the molecule is Cl.O=C([C@@H]1CCCCN1)N1C2CCC1CC(O)C2. The highest BCUT2D eigenvalue weighted by Gasteiger charge is 2.44. The van der Waals surface area contributed by atoms with Gasteiger partial charge in [0.2, 0.25) is 5.91 Å². The normalized spacial score (nSPS) is 39.3. The molecule has 3 aliphatic heterocycles. The molecule has 3 heterocycles. The van der Waals surface area contributed by atoms with Crippen LogP contribution in [-0.2, 0) is 4.79 Å². The van der Waals surface area contributed by atoms with Gasteiger partial charge in [0, 0.05) is 12.1 Å². The molecule has 2 bridgehead atoms. The number of carbonyl (C=O) groups is 1. The Hall–Kier alpha value is -0.320. The third kappa shape index (κ3) is 2.51. The number of fused-ring (bicyclic) bond motifs is 2. The van der Waals surface area contributed by atoms with E-state index in [0.717, 1.165) is 45.1 Å². The molecule has 2 unspecified atom stereocenters. The number of hydrogen-bond donors (Lipinski definition) is 2. The predicted molar refractivity (Wildman–Crippen MR) is 71.8 cm³/mol. The van der Waals surface area contributed by atoms with Gasteiger partial charge in [0.25, 0.3) is 0 Å². The van der Waals surface area contributed by atoms with Gasteiger partial charge in [-0.05, 0) is 45.1 Å². The molecule has 0 aromatic rings. The van der Waals surface area contributed by atoms with Crippen LogP contribution in [0.2, 0.25) is 0 Å². The Bertz CT molecular complexity index is 293. The van der Waals surface area contributed by atoms with Crippen molar-refractivity contribution in [2.75, 3.05) is 6.54 Å². The first-order valence-corrected chi connectivity index (χ1v) is 6.99. The molecule has 1 amide bonds. The van der Waals surface area contributed by atoms with Crippen LogP contribution in [-0.4, -0.2) is 46.7 Å². The van der Waals surface area contributed by atoms with E-state index in [0.29, 0.717) is 18.0 Å². The lowest BCUT2D eigenvalue weighted by Crippen LogP contribution is -2.55. The van der Waals surface area contributed by atoms with Crippen LogP contribution in [0.4, 0.5) is 0 Å². The lowest BCUT2D eigenvalue weighted by Gasteiger charge is -2.40. The summed E-state index contributed by atoms with van der Waals surface area (Å²) in [5, 5.41) is 13.1. The number of piperidine rings is 2. The molecule has 5 heteroatoms. The van der Waals surface area contributed by atoms with Gasteiger partial charge in [0.05, 0.1) is 12.1 Å². The van der Waals surface area contributed by atoms with Crippen molar-refractivity contribution in [2.24, 2.45) is 0 Å². The Kier molecular flexibility index (Phi) is 4.51. The Morgan fingerprint density at radius 3 is 2.33 bits per heavy atom. The topological polar surface area (TPSA) is 52.6 Å². The number of nitrogens with zero attached hydrogens (tertiary/aromatic N) is 1. The van der Waals surface area contributed by atoms with Gasteiger partial charge in [0.1, 0.15) is 0 Å². The van der Waals surface area contributed by atoms with Crippen molar-refractivity contribution >= 4 is 18.3 Å². The van der Waals surface area contributed by atoms with Gasteiger partial charge in [0.15, 0.2) is 0 Å². The summed E-state index contributed by atoms with van der Waals surface area (Å²) in [6.45, 7) is 0.974. The first kappa shape index (κ1) is 14.1. The molecule has 0 aromatic heterocycles. The minimum absolute atomic E-state index is 0. The third-order valence-electron chi connectivity index (χ3n) is 4.57. The minimum Gasteiger partial charge on any atom is -0.393 e. The van der Waals surface area contributed by atoms with Crippen LogP contribution in [0.25, 0.3) is 0 Å². The smallest absolute Gasteiger partial charge is 0.240 e.